The van der Waals surface area contributed by atoms with Gasteiger partial charge in [-0.05, 0) is 42.8 Å². The molecule has 0 aliphatic rings. The van der Waals surface area contributed by atoms with Crippen LogP contribution in [0.3, 0.4) is 0 Å². The molecule has 13 heteroatoms. The largest absolute Gasteiger partial charge is 0.437 e. The number of fused-ring (bicyclic) bond motifs is 1. The zero-order valence-corrected chi connectivity index (χ0v) is 19.5. The summed E-state index contributed by atoms with van der Waals surface area (Å²) in [5, 5.41) is 0.402. The van der Waals surface area contributed by atoms with Crippen molar-refractivity contribution in [3.8, 4) is 22.9 Å². The van der Waals surface area contributed by atoms with Crippen molar-refractivity contribution in [3.05, 3.63) is 66.2 Å². The summed E-state index contributed by atoms with van der Waals surface area (Å²) in [6.45, 7) is 1.72. The maximum absolute atomic E-state index is 14.7. The second-order valence-corrected chi connectivity index (χ2v) is 9.62. The number of halogens is 4. The van der Waals surface area contributed by atoms with Gasteiger partial charge in [0.1, 0.15) is 11.6 Å². The Balaban J connectivity index is 1.77. The molecule has 0 atom stereocenters. The molecule has 0 fully saturated rings. The molecule has 0 aliphatic heterocycles. The van der Waals surface area contributed by atoms with E-state index >= 15 is 0 Å². The highest BCUT2D eigenvalue weighted by Crippen LogP contribution is 2.39. The molecule has 8 nitrogen and oxygen atoms in total. The van der Waals surface area contributed by atoms with Crippen molar-refractivity contribution in [2.75, 3.05) is 16.2 Å². The summed E-state index contributed by atoms with van der Waals surface area (Å²) in [7, 11) is -4.50. The van der Waals surface area contributed by atoms with E-state index in [0.717, 1.165) is 6.07 Å². The number of rotatable bonds is 7. The topological polar surface area (TPSA) is 120 Å². The average Bonchev–Trinajstić information content (AvgIpc) is 2.81. The van der Waals surface area contributed by atoms with Crippen LogP contribution in [-0.2, 0) is 10.0 Å². The molecule has 0 bridgehead atoms. The van der Waals surface area contributed by atoms with Gasteiger partial charge in [-0.25, -0.2) is 27.8 Å². The lowest BCUT2D eigenvalue weighted by Gasteiger charge is -2.17. The number of nitrogens with one attached hydrogen (secondary N) is 1. The first-order valence-corrected chi connectivity index (χ1v) is 12.1. The summed E-state index contributed by atoms with van der Waals surface area (Å²) in [5.74, 6) is -1.78. The monoisotopic (exact) mass is 521 g/mol. The number of benzene rings is 2. The van der Waals surface area contributed by atoms with Crippen LogP contribution in [-0.4, -0.2) is 35.3 Å². The normalized spacial score (nSPS) is 12.0. The van der Waals surface area contributed by atoms with Crippen molar-refractivity contribution in [1.29, 1.82) is 0 Å². The van der Waals surface area contributed by atoms with E-state index in [1.807, 2.05) is 4.72 Å². The van der Waals surface area contributed by atoms with Crippen LogP contribution in [0.5, 0.6) is 11.6 Å². The number of sulfonamides is 1. The SMILES string of the molecule is Cc1ccc2c(NS(=O)(=O)CCC(F)(F)F)c(F)ccc2c1Oc1ncccc1-c1ccnc(N)n1. The van der Waals surface area contributed by atoms with E-state index in [4.69, 9.17) is 10.5 Å². The summed E-state index contributed by atoms with van der Waals surface area (Å²) in [5.41, 5.74) is 6.74. The third-order valence-electron chi connectivity index (χ3n) is 5.13. The van der Waals surface area contributed by atoms with E-state index < -0.39 is 39.9 Å². The molecule has 188 valence electrons. The van der Waals surface area contributed by atoms with Crippen LogP contribution < -0.4 is 15.2 Å². The van der Waals surface area contributed by atoms with E-state index in [0.29, 0.717) is 22.2 Å². The molecule has 4 aromatic rings. The molecule has 0 unspecified atom stereocenters. The number of nitrogen functional groups attached to an aromatic ring is 1. The summed E-state index contributed by atoms with van der Waals surface area (Å²) in [6, 6.07) is 10.4. The predicted molar refractivity (Wildman–Crippen MR) is 126 cm³/mol. The van der Waals surface area contributed by atoms with Crippen molar-refractivity contribution < 1.29 is 30.7 Å². The smallest absolute Gasteiger partial charge is 0.390 e. The number of aryl methyl sites for hydroxylation is 1. The van der Waals surface area contributed by atoms with Gasteiger partial charge >= 0.3 is 6.18 Å². The molecule has 2 aromatic heterocycles. The molecule has 36 heavy (non-hydrogen) atoms. The van der Waals surface area contributed by atoms with Gasteiger partial charge in [0.2, 0.25) is 21.9 Å². The van der Waals surface area contributed by atoms with E-state index in [1.54, 1.807) is 31.2 Å². The Bertz CT molecular complexity index is 1550. The molecule has 0 spiro atoms. The molecular weight excluding hydrogens is 502 g/mol. The first-order valence-electron chi connectivity index (χ1n) is 10.4. The van der Waals surface area contributed by atoms with Crippen LogP contribution in [0, 0.1) is 12.7 Å². The van der Waals surface area contributed by atoms with Crippen LogP contribution in [0.4, 0.5) is 29.2 Å². The van der Waals surface area contributed by atoms with E-state index in [2.05, 4.69) is 15.0 Å². The highest BCUT2D eigenvalue weighted by atomic mass is 32.2. The highest BCUT2D eigenvalue weighted by molar-refractivity contribution is 7.92. The number of alkyl halides is 3. The van der Waals surface area contributed by atoms with Crippen molar-refractivity contribution >= 4 is 32.4 Å². The molecule has 4 rings (SSSR count). The van der Waals surface area contributed by atoms with Crippen LogP contribution in [0.25, 0.3) is 22.0 Å². The van der Waals surface area contributed by atoms with Crippen molar-refractivity contribution in [2.24, 2.45) is 0 Å². The fourth-order valence-corrected chi connectivity index (χ4v) is 4.56. The minimum absolute atomic E-state index is 0.0431. The van der Waals surface area contributed by atoms with Gasteiger partial charge < -0.3 is 10.5 Å². The third kappa shape index (κ3) is 5.62. The molecule has 0 saturated carbocycles. The minimum atomic E-state index is -4.68. The van der Waals surface area contributed by atoms with Crippen molar-refractivity contribution in [1.82, 2.24) is 15.0 Å². The molecular formula is C23H19F4N5O3S. The van der Waals surface area contributed by atoms with E-state index in [-0.39, 0.29) is 23.0 Å². The number of ether oxygens (including phenoxy) is 1. The number of nitrogens with two attached hydrogens (primary N) is 1. The summed E-state index contributed by atoms with van der Waals surface area (Å²) in [6.07, 6.45) is -3.29. The van der Waals surface area contributed by atoms with Gasteiger partial charge in [-0.1, -0.05) is 12.1 Å². The lowest BCUT2D eigenvalue weighted by atomic mass is 10.0. The fourth-order valence-electron chi connectivity index (χ4n) is 3.44. The lowest BCUT2D eigenvalue weighted by molar-refractivity contribution is -0.129. The quantitative estimate of drug-likeness (QED) is 0.321. The summed E-state index contributed by atoms with van der Waals surface area (Å²) >= 11 is 0. The second kappa shape index (κ2) is 9.57. The maximum atomic E-state index is 14.7. The molecule has 0 aliphatic carbocycles. The zero-order chi connectivity index (χ0) is 26.1. The first-order chi connectivity index (χ1) is 16.9. The lowest BCUT2D eigenvalue weighted by Crippen LogP contribution is -2.22. The van der Waals surface area contributed by atoms with Crippen LogP contribution in [0.1, 0.15) is 12.0 Å². The van der Waals surface area contributed by atoms with Crippen LogP contribution in [0.2, 0.25) is 0 Å². The Hall–Kier alpha value is -4.00. The van der Waals surface area contributed by atoms with E-state index in [1.165, 1.54) is 24.5 Å². The Morgan fingerprint density at radius 1 is 1.03 bits per heavy atom. The number of aromatic nitrogens is 3. The van der Waals surface area contributed by atoms with Gasteiger partial charge in [0.15, 0.2) is 0 Å². The fraction of sp³-hybridized carbons (Fsp3) is 0.174. The van der Waals surface area contributed by atoms with Crippen LogP contribution in [0.15, 0.2) is 54.9 Å². The number of nitrogens with zero attached hydrogens (tertiary/aromatic N) is 3. The second-order valence-electron chi connectivity index (χ2n) is 7.77. The number of pyridine rings is 1. The van der Waals surface area contributed by atoms with Gasteiger partial charge in [0.05, 0.1) is 29.1 Å². The average molecular weight is 521 g/mol. The van der Waals surface area contributed by atoms with Gasteiger partial charge in [-0.15, -0.1) is 0 Å². The number of hydrogen-bond donors (Lipinski definition) is 2. The van der Waals surface area contributed by atoms with Gasteiger partial charge in [-0.3, -0.25) is 4.72 Å². The van der Waals surface area contributed by atoms with Crippen molar-refractivity contribution in [2.45, 2.75) is 19.5 Å². The van der Waals surface area contributed by atoms with E-state index in [9.17, 15) is 26.0 Å². The van der Waals surface area contributed by atoms with Gasteiger partial charge in [-0.2, -0.15) is 13.2 Å². The zero-order valence-electron chi connectivity index (χ0n) is 18.7. The molecule has 2 heterocycles. The van der Waals surface area contributed by atoms with Gasteiger partial charge in [0, 0.05) is 23.2 Å². The molecule has 3 N–H and O–H groups in total. The Labute approximate surface area is 203 Å². The molecule has 2 aromatic carbocycles. The Morgan fingerprint density at radius 2 is 1.78 bits per heavy atom. The third-order valence-corrected chi connectivity index (χ3v) is 6.39. The summed E-state index contributed by atoms with van der Waals surface area (Å²) < 4.78 is 84.9. The number of hydrogen-bond acceptors (Lipinski definition) is 7. The molecule has 0 saturated heterocycles. The molecule has 0 amide bonds. The van der Waals surface area contributed by atoms with Crippen LogP contribution >= 0.6 is 0 Å². The van der Waals surface area contributed by atoms with Gasteiger partial charge in [0.25, 0.3) is 0 Å². The standard InChI is InChI=1S/C23H19F4N5O3S/c1-13-4-5-14-15(6-7-17(24)19(14)32-36(33,34)12-9-23(25,26)27)20(13)35-21-16(3-2-10-29-21)18-8-11-30-22(28)31-18/h2-8,10-11,32H,9,12H2,1H3,(H2,28,30,31). The Kier molecular flexibility index (Phi) is 6.67. The number of anilines is 2. The van der Waals surface area contributed by atoms with Crippen molar-refractivity contribution in [3.63, 3.8) is 0 Å². The minimum Gasteiger partial charge on any atom is -0.437 e. The highest BCUT2D eigenvalue weighted by Gasteiger charge is 2.30. The predicted octanol–water partition coefficient (Wildman–Crippen LogP) is 5.21. The molecule has 0 radical (unpaired) electrons. The Morgan fingerprint density at radius 3 is 2.50 bits per heavy atom. The first kappa shape index (κ1) is 25.1. The summed E-state index contributed by atoms with van der Waals surface area (Å²) in [4.78, 5) is 12.3. The maximum Gasteiger partial charge on any atom is 0.390 e.